The number of carbonyl (C=O) groups is 1. The number of amides is 1. The minimum Gasteiger partial charge on any atom is -0.397 e. The first-order valence-electron chi connectivity index (χ1n) is 7.62. The summed E-state index contributed by atoms with van der Waals surface area (Å²) in [5, 5.41) is 2.74. The molecule has 1 aliphatic heterocycles. The lowest BCUT2D eigenvalue weighted by molar-refractivity contribution is -0.116. The molecule has 1 fully saturated rings. The molecule has 4 nitrogen and oxygen atoms in total. The highest BCUT2D eigenvalue weighted by Crippen LogP contribution is 2.20. The predicted molar refractivity (Wildman–Crippen MR) is 83.5 cm³/mol. The van der Waals surface area contributed by atoms with Crippen LogP contribution in [-0.4, -0.2) is 30.4 Å². The lowest BCUT2D eigenvalue weighted by Gasteiger charge is -2.19. The van der Waals surface area contributed by atoms with Gasteiger partial charge in [0.2, 0.25) is 5.91 Å². The van der Waals surface area contributed by atoms with E-state index in [2.05, 4.69) is 17.1 Å². The Morgan fingerprint density at radius 1 is 1.43 bits per heavy atom. The lowest BCUT2D eigenvalue weighted by atomic mass is 10.0. The van der Waals surface area contributed by atoms with Crippen LogP contribution >= 0.6 is 0 Å². The Morgan fingerprint density at radius 2 is 2.24 bits per heavy atom. The van der Waals surface area contributed by atoms with Crippen molar-refractivity contribution in [3.63, 3.8) is 0 Å². The van der Waals surface area contributed by atoms with Crippen LogP contribution < -0.4 is 11.1 Å². The van der Waals surface area contributed by atoms with E-state index in [1.165, 1.54) is 37.5 Å². The maximum Gasteiger partial charge on any atom is 0.225 e. The third-order valence-corrected chi connectivity index (χ3v) is 4.05. The number of likely N-dealkylation sites (tertiary alicyclic amines) is 1. The van der Waals surface area contributed by atoms with E-state index in [4.69, 9.17) is 5.73 Å². The standard InChI is InChI=1S/C16H24FN3O/c1-12-3-2-8-20(9-6-12)10-7-16(21)19-15-5-4-13(17)11-14(15)18/h4-5,11-12H,2-3,6-10,18H2,1H3,(H,19,21). The average molecular weight is 293 g/mol. The topological polar surface area (TPSA) is 58.4 Å². The molecule has 3 N–H and O–H groups in total. The second-order valence-corrected chi connectivity index (χ2v) is 5.91. The van der Waals surface area contributed by atoms with Crippen molar-refractivity contribution in [2.24, 2.45) is 5.92 Å². The molecule has 1 saturated heterocycles. The van der Waals surface area contributed by atoms with E-state index in [-0.39, 0.29) is 11.6 Å². The summed E-state index contributed by atoms with van der Waals surface area (Å²) in [5.74, 6) is 0.303. The van der Waals surface area contributed by atoms with Crippen LogP contribution in [0.1, 0.15) is 32.6 Å². The summed E-state index contributed by atoms with van der Waals surface area (Å²) >= 11 is 0. The van der Waals surface area contributed by atoms with E-state index in [0.717, 1.165) is 25.6 Å². The molecule has 116 valence electrons. The normalized spacial score (nSPS) is 20.0. The van der Waals surface area contributed by atoms with Gasteiger partial charge in [0.25, 0.3) is 0 Å². The first kappa shape index (κ1) is 15.8. The van der Waals surface area contributed by atoms with Gasteiger partial charge in [-0.05, 0) is 56.5 Å². The van der Waals surface area contributed by atoms with Crippen LogP contribution in [0.15, 0.2) is 18.2 Å². The second-order valence-electron chi connectivity index (χ2n) is 5.91. The Bertz CT molecular complexity index is 492. The molecule has 0 spiro atoms. The molecular formula is C16H24FN3O. The molecule has 0 aliphatic carbocycles. The highest BCUT2D eigenvalue weighted by molar-refractivity contribution is 5.93. The minimum atomic E-state index is -0.399. The number of benzene rings is 1. The van der Waals surface area contributed by atoms with Gasteiger partial charge < -0.3 is 16.0 Å². The van der Waals surface area contributed by atoms with Crippen molar-refractivity contribution >= 4 is 17.3 Å². The molecule has 1 unspecified atom stereocenters. The van der Waals surface area contributed by atoms with Gasteiger partial charge in [0.05, 0.1) is 11.4 Å². The van der Waals surface area contributed by atoms with Crippen LogP contribution in [0.2, 0.25) is 0 Å². The molecule has 1 amide bonds. The fourth-order valence-corrected chi connectivity index (χ4v) is 2.67. The Labute approximate surface area is 125 Å². The summed E-state index contributed by atoms with van der Waals surface area (Å²) < 4.78 is 12.9. The summed E-state index contributed by atoms with van der Waals surface area (Å²) in [6.07, 6.45) is 4.11. The van der Waals surface area contributed by atoms with Gasteiger partial charge in [-0.3, -0.25) is 4.79 Å². The van der Waals surface area contributed by atoms with Crippen LogP contribution in [0, 0.1) is 11.7 Å². The predicted octanol–water partition coefficient (Wildman–Crippen LogP) is 2.86. The third-order valence-electron chi connectivity index (χ3n) is 4.05. The van der Waals surface area contributed by atoms with Crippen LogP contribution in [-0.2, 0) is 4.79 Å². The van der Waals surface area contributed by atoms with E-state index >= 15 is 0 Å². The van der Waals surface area contributed by atoms with Crippen LogP contribution in [0.4, 0.5) is 15.8 Å². The molecule has 0 bridgehead atoms. The molecule has 0 aromatic heterocycles. The van der Waals surface area contributed by atoms with Crippen molar-refractivity contribution in [3.05, 3.63) is 24.0 Å². The van der Waals surface area contributed by atoms with Crippen molar-refractivity contribution in [1.82, 2.24) is 4.90 Å². The van der Waals surface area contributed by atoms with Gasteiger partial charge in [0.15, 0.2) is 0 Å². The molecule has 0 saturated carbocycles. The number of anilines is 2. The smallest absolute Gasteiger partial charge is 0.225 e. The molecule has 1 aliphatic rings. The fourth-order valence-electron chi connectivity index (χ4n) is 2.67. The van der Waals surface area contributed by atoms with Crippen LogP contribution in [0.5, 0.6) is 0 Å². The van der Waals surface area contributed by atoms with Gasteiger partial charge in [-0.1, -0.05) is 6.92 Å². The van der Waals surface area contributed by atoms with E-state index in [0.29, 0.717) is 12.1 Å². The molecule has 2 rings (SSSR count). The number of rotatable bonds is 4. The highest BCUT2D eigenvalue weighted by atomic mass is 19.1. The molecule has 5 heteroatoms. The van der Waals surface area contributed by atoms with Gasteiger partial charge in [0.1, 0.15) is 5.82 Å². The number of hydrogen-bond acceptors (Lipinski definition) is 3. The number of nitrogens with two attached hydrogens (primary N) is 1. The Morgan fingerprint density at radius 3 is 3.00 bits per heavy atom. The average Bonchev–Trinajstić information content (AvgIpc) is 2.64. The lowest BCUT2D eigenvalue weighted by Crippen LogP contribution is -2.29. The summed E-state index contributed by atoms with van der Waals surface area (Å²) in [6.45, 7) is 5.18. The van der Waals surface area contributed by atoms with Gasteiger partial charge in [-0.25, -0.2) is 4.39 Å². The fraction of sp³-hybridized carbons (Fsp3) is 0.562. The number of nitrogen functional groups attached to an aromatic ring is 1. The van der Waals surface area contributed by atoms with Crippen molar-refractivity contribution < 1.29 is 9.18 Å². The molecule has 1 atom stereocenters. The SMILES string of the molecule is CC1CCCN(CCC(=O)Nc2ccc(F)cc2N)CC1. The van der Waals surface area contributed by atoms with E-state index in [9.17, 15) is 9.18 Å². The van der Waals surface area contributed by atoms with Gasteiger partial charge in [-0.2, -0.15) is 0 Å². The quantitative estimate of drug-likeness (QED) is 0.839. The molecule has 1 heterocycles. The number of carbonyl (C=O) groups excluding carboxylic acids is 1. The largest absolute Gasteiger partial charge is 0.397 e. The van der Waals surface area contributed by atoms with Crippen LogP contribution in [0.25, 0.3) is 0 Å². The first-order valence-corrected chi connectivity index (χ1v) is 7.62. The minimum absolute atomic E-state index is 0.0781. The first-order chi connectivity index (χ1) is 10.0. The highest BCUT2D eigenvalue weighted by Gasteiger charge is 2.15. The van der Waals surface area contributed by atoms with Crippen molar-refractivity contribution in [3.8, 4) is 0 Å². The molecule has 1 aromatic rings. The van der Waals surface area contributed by atoms with E-state index in [1.54, 1.807) is 0 Å². The van der Waals surface area contributed by atoms with E-state index < -0.39 is 5.82 Å². The number of nitrogens with zero attached hydrogens (tertiary/aromatic N) is 1. The van der Waals surface area contributed by atoms with Gasteiger partial charge >= 0.3 is 0 Å². The second kappa shape index (κ2) is 7.41. The summed E-state index contributed by atoms with van der Waals surface area (Å²) in [4.78, 5) is 14.3. The molecule has 0 radical (unpaired) electrons. The van der Waals surface area contributed by atoms with Gasteiger partial charge in [0, 0.05) is 13.0 Å². The molecule has 21 heavy (non-hydrogen) atoms. The number of hydrogen-bond donors (Lipinski definition) is 2. The van der Waals surface area contributed by atoms with Crippen molar-refractivity contribution in [2.75, 3.05) is 30.7 Å². The maximum absolute atomic E-state index is 12.9. The molecular weight excluding hydrogens is 269 g/mol. The third kappa shape index (κ3) is 5.01. The Hall–Kier alpha value is -1.62. The zero-order valence-corrected chi connectivity index (χ0v) is 12.6. The number of halogens is 1. The zero-order valence-electron chi connectivity index (χ0n) is 12.6. The summed E-state index contributed by atoms with van der Waals surface area (Å²) in [5.41, 5.74) is 6.41. The summed E-state index contributed by atoms with van der Waals surface area (Å²) in [7, 11) is 0. The van der Waals surface area contributed by atoms with Crippen molar-refractivity contribution in [1.29, 1.82) is 0 Å². The van der Waals surface area contributed by atoms with E-state index in [1.807, 2.05) is 0 Å². The van der Waals surface area contributed by atoms with Crippen LogP contribution in [0.3, 0.4) is 0 Å². The number of nitrogens with one attached hydrogen (secondary N) is 1. The maximum atomic E-state index is 12.9. The van der Waals surface area contributed by atoms with Gasteiger partial charge in [-0.15, -0.1) is 0 Å². The monoisotopic (exact) mass is 293 g/mol. The summed E-state index contributed by atoms with van der Waals surface area (Å²) in [6, 6.07) is 4.00. The Balaban J connectivity index is 1.79. The zero-order chi connectivity index (χ0) is 15.2. The van der Waals surface area contributed by atoms with Crippen molar-refractivity contribution in [2.45, 2.75) is 32.6 Å². The Kier molecular flexibility index (Phi) is 5.56. The molecule has 1 aromatic carbocycles.